The highest BCUT2D eigenvalue weighted by Crippen LogP contribution is 2.21. The molecule has 3 rings (SSSR count). The van der Waals surface area contributed by atoms with Gasteiger partial charge in [-0.1, -0.05) is 68.3 Å². The Kier molecular flexibility index (Phi) is 11.1. The van der Waals surface area contributed by atoms with E-state index in [4.69, 9.17) is 0 Å². The first-order chi connectivity index (χ1) is 15.3. The van der Waals surface area contributed by atoms with Gasteiger partial charge in [0.15, 0.2) is 0 Å². The lowest BCUT2D eigenvalue weighted by Gasteiger charge is -2.23. The van der Waals surface area contributed by atoms with E-state index in [9.17, 15) is 0 Å². The van der Waals surface area contributed by atoms with Crippen LogP contribution in [-0.4, -0.2) is 63.8 Å². The van der Waals surface area contributed by atoms with Crippen molar-refractivity contribution >= 4 is 0 Å². The molecule has 1 fully saturated rings. The Morgan fingerprint density at radius 3 is 1.61 bits per heavy atom. The van der Waals surface area contributed by atoms with Crippen molar-refractivity contribution in [1.29, 1.82) is 0 Å². The van der Waals surface area contributed by atoms with Gasteiger partial charge in [-0.15, -0.1) is 0 Å². The second kappa shape index (κ2) is 14.4. The van der Waals surface area contributed by atoms with Gasteiger partial charge >= 0.3 is 0 Å². The Morgan fingerprint density at radius 1 is 0.613 bits per heavy atom. The summed E-state index contributed by atoms with van der Waals surface area (Å²) in [6, 6.07) is 18.3. The van der Waals surface area contributed by atoms with Gasteiger partial charge in [0.25, 0.3) is 0 Å². The molecule has 0 spiro atoms. The van der Waals surface area contributed by atoms with Crippen LogP contribution in [0.5, 0.6) is 0 Å². The quantitative estimate of drug-likeness (QED) is 0.567. The van der Waals surface area contributed by atoms with Crippen LogP contribution in [0.4, 0.5) is 0 Å². The lowest BCUT2D eigenvalue weighted by molar-refractivity contribution is 0.274. The van der Waals surface area contributed by atoms with Gasteiger partial charge in [0.2, 0.25) is 0 Å². The Hall–Kier alpha value is -1.72. The SMILES string of the molecule is CCCCCc1ccc(-c2ccc(CCN3CCNCCNCCNCC3)cc2)cc1. The topological polar surface area (TPSA) is 39.3 Å². The first kappa shape index (κ1) is 23.9. The van der Waals surface area contributed by atoms with Gasteiger partial charge in [-0.2, -0.15) is 0 Å². The zero-order chi connectivity index (χ0) is 21.6. The number of hydrogen-bond acceptors (Lipinski definition) is 4. The van der Waals surface area contributed by atoms with Gasteiger partial charge in [0.1, 0.15) is 0 Å². The zero-order valence-electron chi connectivity index (χ0n) is 19.5. The van der Waals surface area contributed by atoms with E-state index in [1.807, 2.05) is 0 Å². The zero-order valence-corrected chi connectivity index (χ0v) is 19.5. The third kappa shape index (κ3) is 9.12. The minimum Gasteiger partial charge on any atom is -0.314 e. The largest absolute Gasteiger partial charge is 0.314 e. The number of nitrogens with one attached hydrogen (secondary N) is 3. The molecule has 0 unspecified atom stereocenters. The summed E-state index contributed by atoms with van der Waals surface area (Å²) in [6.45, 7) is 11.9. The van der Waals surface area contributed by atoms with Crippen molar-refractivity contribution in [1.82, 2.24) is 20.9 Å². The van der Waals surface area contributed by atoms with Gasteiger partial charge in [-0.25, -0.2) is 0 Å². The number of nitrogens with zero attached hydrogens (tertiary/aromatic N) is 1. The minimum atomic E-state index is 1.05. The average molecular weight is 423 g/mol. The maximum absolute atomic E-state index is 3.55. The molecule has 0 saturated carbocycles. The highest BCUT2D eigenvalue weighted by atomic mass is 15.2. The second-order valence-electron chi connectivity index (χ2n) is 8.69. The van der Waals surface area contributed by atoms with Crippen LogP contribution in [0.15, 0.2) is 48.5 Å². The molecule has 4 heteroatoms. The fourth-order valence-corrected chi connectivity index (χ4v) is 4.13. The number of benzene rings is 2. The second-order valence-corrected chi connectivity index (χ2v) is 8.69. The van der Waals surface area contributed by atoms with Gasteiger partial charge in [-0.3, -0.25) is 0 Å². The first-order valence-corrected chi connectivity index (χ1v) is 12.4. The van der Waals surface area contributed by atoms with Crippen molar-refractivity contribution in [2.45, 2.75) is 39.0 Å². The Labute approximate surface area is 189 Å². The molecule has 0 bridgehead atoms. The van der Waals surface area contributed by atoms with Crippen LogP contribution in [0.2, 0.25) is 0 Å². The summed E-state index contributed by atoms with van der Waals surface area (Å²) in [5.41, 5.74) is 5.52. The summed E-state index contributed by atoms with van der Waals surface area (Å²) in [5, 5.41) is 10.6. The highest BCUT2D eigenvalue weighted by Gasteiger charge is 2.06. The molecule has 1 heterocycles. The molecule has 2 aromatic rings. The van der Waals surface area contributed by atoms with Crippen LogP contribution in [0.25, 0.3) is 11.1 Å². The van der Waals surface area contributed by atoms with Gasteiger partial charge in [-0.05, 0) is 41.5 Å². The van der Waals surface area contributed by atoms with Crippen molar-refractivity contribution in [3.05, 3.63) is 59.7 Å². The van der Waals surface area contributed by atoms with E-state index >= 15 is 0 Å². The fraction of sp³-hybridized carbons (Fsp3) is 0.556. The lowest BCUT2D eigenvalue weighted by atomic mass is 10.00. The van der Waals surface area contributed by atoms with Gasteiger partial charge < -0.3 is 20.9 Å². The lowest BCUT2D eigenvalue weighted by Crippen LogP contribution is -2.42. The average Bonchev–Trinajstić information content (AvgIpc) is 2.80. The first-order valence-electron chi connectivity index (χ1n) is 12.4. The van der Waals surface area contributed by atoms with Crippen LogP contribution >= 0.6 is 0 Å². The highest BCUT2D eigenvalue weighted by molar-refractivity contribution is 5.64. The van der Waals surface area contributed by atoms with Crippen LogP contribution in [0, 0.1) is 0 Å². The molecule has 2 aromatic carbocycles. The molecule has 0 aromatic heterocycles. The maximum Gasteiger partial charge on any atom is 0.0108 e. The van der Waals surface area contributed by atoms with E-state index in [1.165, 1.54) is 47.9 Å². The maximum atomic E-state index is 3.55. The summed E-state index contributed by atoms with van der Waals surface area (Å²) in [6.07, 6.45) is 6.22. The third-order valence-electron chi connectivity index (χ3n) is 6.19. The molecule has 1 aliphatic rings. The molecule has 0 radical (unpaired) electrons. The summed E-state index contributed by atoms with van der Waals surface area (Å²) in [7, 11) is 0. The smallest absolute Gasteiger partial charge is 0.0108 e. The number of aryl methyl sites for hydroxylation is 1. The molecule has 31 heavy (non-hydrogen) atoms. The van der Waals surface area contributed by atoms with E-state index in [1.54, 1.807) is 0 Å². The summed E-state index contributed by atoms with van der Waals surface area (Å²) >= 11 is 0. The summed E-state index contributed by atoms with van der Waals surface area (Å²) in [4.78, 5) is 2.58. The molecule has 3 N–H and O–H groups in total. The third-order valence-corrected chi connectivity index (χ3v) is 6.19. The summed E-state index contributed by atoms with van der Waals surface area (Å²) in [5.74, 6) is 0. The standard InChI is InChI=1S/C27H42N4/c1-2-3-4-5-24-6-10-26(11-7-24)27-12-8-25(9-13-27)14-21-31-22-19-29-17-15-28-16-18-30-20-23-31/h6-13,28-30H,2-5,14-23H2,1H3. The Morgan fingerprint density at radius 2 is 1.10 bits per heavy atom. The van der Waals surface area contributed by atoms with Gasteiger partial charge in [0, 0.05) is 58.9 Å². The van der Waals surface area contributed by atoms with E-state index < -0.39 is 0 Å². The van der Waals surface area contributed by atoms with Crippen molar-refractivity contribution < 1.29 is 0 Å². The molecule has 170 valence electrons. The molecular formula is C27H42N4. The molecule has 4 nitrogen and oxygen atoms in total. The predicted molar refractivity (Wildman–Crippen MR) is 134 cm³/mol. The number of rotatable bonds is 8. The van der Waals surface area contributed by atoms with E-state index in [0.29, 0.717) is 0 Å². The number of unbranched alkanes of at least 4 members (excludes halogenated alkanes) is 2. The van der Waals surface area contributed by atoms with Gasteiger partial charge in [0.05, 0.1) is 0 Å². The van der Waals surface area contributed by atoms with E-state index in [2.05, 4.69) is 76.3 Å². The normalized spacial score (nSPS) is 17.1. The van der Waals surface area contributed by atoms with Crippen LogP contribution in [0.3, 0.4) is 0 Å². The molecule has 0 atom stereocenters. The van der Waals surface area contributed by atoms with Crippen LogP contribution in [-0.2, 0) is 12.8 Å². The molecular weight excluding hydrogens is 380 g/mol. The van der Waals surface area contributed by atoms with Crippen molar-refractivity contribution in [3.8, 4) is 11.1 Å². The monoisotopic (exact) mass is 422 g/mol. The van der Waals surface area contributed by atoms with Crippen LogP contribution < -0.4 is 16.0 Å². The van der Waals surface area contributed by atoms with Crippen molar-refractivity contribution in [2.24, 2.45) is 0 Å². The Balaban J connectivity index is 1.47. The van der Waals surface area contributed by atoms with Crippen LogP contribution in [0.1, 0.15) is 37.3 Å². The van der Waals surface area contributed by atoms with Crippen molar-refractivity contribution in [2.75, 3.05) is 58.9 Å². The number of hydrogen-bond donors (Lipinski definition) is 3. The van der Waals surface area contributed by atoms with Crippen molar-refractivity contribution in [3.63, 3.8) is 0 Å². The predicted octanol–water partition coefficient (Wildman–Crippen LogP) is 3.71. The summed E-state index contributed by atoms with van der Waals surface area (Å²) < 4.78 is 0. The molecule has 0 amide bonds. The molecule has 1 saturated heterocycles. The Bertz CT molecular complexity index is 699. The fourth-order valence-electron chi connectivity index (χ4n) is 4.13. The van der Waals surface area contributed by atoms with E-state index in [-0.39, 0.29) is 0 Å². The molecule has 0 aliphatic carbocycles. The van der Waals surface area contributed by atoms with E-state index in [0.717, 1.165) is 65.3 Å². The minimum absolute atomic E-state index is 1.05. The molecule has 1 aliphatic heterocycles.